The lowest BCUT2D eigenvalue weighted by molar-refractivity contribution is 0.299. The van der Waals surface area contributed by atoms with Crippen molar-refractivity contribution < 1.29 is 0 Å². The number of rotatable bonds is 2. The third-order valence-corrected chi connectivity index (χ3v) is 3.19. The number of fused-ring (bicyclic) bond motifs is 1. The van der Waals surface area contributed by atoms with Gasteiger partial charge in [0.05, 0.1) is 11.9 Å². The highest BCUT2D eigenvalue weighted by Gasteiger charge is 2.24. The fourth-order valence-electron chi connectivity index (χ4n) is 1.29. The molecule has 0 aliphatic carbocycles. The normalized spacial score (nSPS) is 20.4. The number of hydrazine groups is 2. The molecule has 2 rings (SSSR count). The Morgan fingerprint density at radius 3 is 2.86 bits per heavy atom. The Hall–Kier alpha value is -0.590. The summed E-state index contributed by atoms with van der Waals surface area (Å²) in [4.78, 5) is 4.44. The summed E-state index contributed by atoms with van der Waals surface area (Å²) in [6, 6.07) is 0. The second kappa shape index (κ2) is 3.88. The van der Waals surface area contributed by atoms with Gasteiger partial charge < -0.3 is 0 Å². The fourth-order valence-corrected chi connectivity index (χ4v) is 2.13. The van der Waals surface area contributed by atoms with Crippen LogP contribution in [0, 0.1) is 0 Å². The predicted octanol–water partition coefficient (Wildman–Crippen LogP) is 1.78. The van der Waals surface area contributed by atoms with Crippen molar-refractivity contribution in [3.63, 3.8) is 0 Å². The molecule has 0 unspecified atom stereocenters. The van der Waals surface area contributed by atoms with E-state index >= 15 is 0 Å². The molecule has 0 aromatic heterocycles. The summed E-state index contributed by atoms with van der Waals surface area (Å²) in [7, 11) is 0. The van der Waals surface area contributed by atoms with E-state index in [2.05, 4.69) is 22.8 Å². The van der Waals surface area contributed by atoms with Gasteiger partial charge in [0.1, 0.15) is 10.9 Å². The van der Waals surface area contributed by atoms with E-state index in [1.807, 2.05) is 28.9 Å². The lowest BCUT2D eigenvalue weighted by Gasteiger charge is -2.24. The number of hydrogen-bond donors (Lipinski definition) is 1. The number of nitrogens with zero attached hydrogens (tertiary/aromatic N) is 3. The van der Waals surface area contributed by atoms with Gasteiger partial charge in [-0.1, -0.05) is 0 Å². The molecule has 2 aliphatic heterocycles. The van der Waals surface area contributed by atoms with Crippen LogP contribution < -0.4 is 5.53 Å². The average molecular weight is 228 g/mol. The van der Waals surface area contributed by atoms with Crippen LogP contribution in [0.2, 0.25) is 0 Å². The molecule has 0 atom stereocenters. The van der Waals surface area contributed by atoms with Gasteiger partial charge in [-0.3, -0.25) is 0 Å². The van der Waals surface area contributed by atoms with Crippen LogP contribution in [0.4, 0.5) is 0 Å². The van der Waals surface area contributed by atoms with Crippen molar-refractivity contribution in [2.24, 2.45) is 4.99 Å². The summed E-state index contributed by atoms with van der Waals surface area (Å²) < 4.78 is 1.95. The first kappa shape index (κ1) is 9.95. The number of thioether (sulfide) groups is 1. The molecule has 0 saturated carbocycles. The van der Waals surface area contributed by atoms with Crippen LogP contribution >= 0.6 is 23.7 Å². The number of hydrogen-bond acceptors (Lipinski definition) is 6. The van der Waals surface area contributed by atoms with E-state index in [9.17, 15) is 0 Å². The quantitative estimate of drug-likeness (QED) is 0.728. The second-order valence-electron chi connectivity index (χ2n) is 2.84. The fraction of sp³-hybridized carbons (Fsp3) is 0.375. The van der Waals surface area contributed by atoms with Gasteiger partial charge in [-0.05, 0) is 31.2 Å². The largest absolute Gasteiger partial charge is 0.243 e. The van der Waals surface area contributed by atoms with Crippen molar-refractivity contribution >= 4 is 29.5 Å². The topological polar surface area (TPSA) is 30.9 Å². The highest BCUT2D eigenvalue weighted by molar-refractivity contribution is 8.02. The Balaban J connectivity index is 2.27. The minimum absolute atomic E-state index is 0.972. The Morgan fingerprint density at radius 2 is 2.21 bits per heavy atom. The zero-order valence-electron chi connectivity index (χ0n) is 8.31. The molecule has 6 heteroatoms. The van der Waals surface area contributed by atoms with E-state index in [4.69, 9.17) is 0 Å². The molecule has 2 heterocycles. The maximum absolute atomic E-state index is 4.44. The summed E-state index contributed by atoms with van der Waals surface area (Å²) in [6.07, 6.45) is 8.18. The molecular formula is C8H12N4S2. The Kier molecular flexibility index (Phi) is 2.76. The summed E-state index contributed by atoms with van der Waals surface area (Å²) in [5.41, 5.74) is 4.32. The van der Waals surface area contributed by atoms with Crippen LogP contribution in [0.15, 0.2) is 28.0 Å². The molecule has 0 aromatic rings. The molecule has 0 aromatic carbocycles. The second-order valence-corrected chi connectivity index (χ2v) is 4.43. The average Bonchev–Trinajstić information content (AvgIpc) is 2.61. The lowest BCUT2D eigenvalue weighted by Crippen LogP contribution is -2.41. The first-order valence-electron chi connectivity index (χ1n) is 4.17. The van der Waals surface area contributed by atoms with E-state index in [0.29, 0.717) is 0 Å². The molecule has 76 valence electrons. The van der Waals surface area contributed by atoms with Gasteiger partial charge in [0, 0.05) is 6.26 Å². The van der Waals surface area contributed by atoms with Crippen LogP contribution in [0.1, 0.15) is 6.92 Å². The Morgan fingerprint density at radius 1 is 1.43 bits per heavy atom. The SMILES string of the molecule is CSC1=CC2=CN(SC)NN2C(C)=N1. The summed E-state index contributed by atoms with van der Waals surface area (Å²) in [5, 5.41) is 3.02. The van der Waals surface area contributed by atoms with Crippen LogP contribution in [0.25, 0.3) is 0 Å². The van der Waals surface area contributed by atoms with Gasteiger partial charge in [-0.15, -0.1) is 17.3 Å². The standard InChI is InChI=1S/C8H12N4S2/c1-6-9-8(13-2)4-7-5-11(14-3)10-12(6)7/h4-5,10H,1-3H3. The molecule has 2 aliphatic rings. The third kappa shape index (κ3) is 1.65. The van der Waals surface area contributed by atoms with E-state index in [-0.39, 0.29) is 0 Å². The van der Waals surface area contributed by atoms with Crippen molar-refractivity contribution in [3.05, 3.63) is 23.0 Å². The van der Waals surface area contributed by atoms with Crippen LogP contribution in [0.5, 0.6) is 0 Å². The van der Waals surface area contributed by atoms with Crippen molar-refractivity contribution in [2.45, 2.75) is 6.92 Å². The van der Waals surface area contributed by atoms with Crippen molar-refractivity contribution in [1.29, 1.82) is 0 Å². The van der Waals surface area contributed by atoms with Crippen molar-refractivity contribution in [3.8, 4) is 0 Å². The van der Waals surface area contributed by atoms with Gasteiger partial charge in [0.15, 0.2) is 0 Å². The van der Waals surface area contributed by atoms with Gasteiger partial charge in [0.25, 0.3) is 0 Å². The zero-order valence-corrected chi connectivity index (χ0v) is 9.95. The van der Waals surface area contributed by atoms with E-state index in [1.54, 1.807) is 23.7 Å². The van der Waals surface area contributed by atoms with Crippen LogP contribution in [-0.4, -0.2) is 27.8 Å². The maximum atomic E-state index is 4.44. The minimum atomic E-state index is 0.972. The van der Waals surface area contributed by atoms with Crippen molar-refractivity contribution in [2.75, 3.05) is 12.5 Å². The van der Waals surface area contributed by atoms with Gasteiger partial charge in [-0.25, -0.2) is 14.4 Å². The third-order valence-electron chi connectivity index (χ3n) is 1.98. The number of nitrogens with one attached hydrogen (secondary N) is 1. The first-order valence-corrected chi connectivity index (χ1v) is 6.58. The minimum Gasteiger partial charge on any atom is -0.243 e. The molecule has 0 bridgehead atoms. The highest BCUT2D eigenvalue weighted by Crippen LogP contribution is 2.27. The van der Waals surface area contributed by atoms with Gasteiger partial charge in [0.2, 0.25) is 0 Å². The predicted molar refractivity (Wildman–Crippen MR) is 63.1 cm³/mol. The molecule has 0 saturated heterocycles. The van der Waals surface area contributed by atoms with E-state index < -0.39 is 0 Å². The lowest BCUT2D eigenvalue weighted by atomic mass is 10.4. The van der Waals surface area contributed by atoms with Gasteiger partial charge >= 0.3 is 0 Å². The Bertz CT molecular complexity index is 334. The number of allylic oxidation sites excluding steroid dienone is 1. The molecule has 0 fully saturated rings. The monoisotopic (exact) mass is 228 g/mol. The van der Waals surface area contributed by atoms with Crippen LogP contribution in [0.3, 0.4) is 0 Å². The van der Waals surface area contributed by atoms with Gasteiger partial charge in [-0.2, -0.15) is 0 Å². The van der Waals surface area contributed by atoms with Crippen LogP contribution in [-0.2, 0) is 0 Å². The van der Waals surface area contributed by atoms with E-state index in [0.717, 1.165) is 16.6 Å². The molecular weight excluding hydrogens is 216 g/mol. The smallest absolute Gasteiger partial charge is 0.123 e. The highest BCUT2D eigenvalue weighted by atomic mass is 32.2. The molecule has 0 amide bonds. The summed E-state index contributed by atoms with van der Waals surface area (Å²) in [5.74, 6) is 0.972. The molecule has 0 spiro atoms. The first-order chi connectivity index (χ1) is 6.74. The Labute approximate surface area is 92.2 Å². The summed E-state index contributed by atoms with van der Waals surface area (Å²) in [6.45, 7) is 1.99. The zero-order chi connectivity index (χ0) is 10.1. The van der Waals surface area contributed by atoms with Crippen molar-refractivity contribution in [1.82, 2.24) is 15.0 Å². The molecule has 0 radical (unpaired) electrons. The maximum Gasteiger partial charge on any atom is 0.123 e. The molecule has 1 N–H and O–H groups in total. The molecule has 14 heavy (non-hydrogen) atoms. The molecule has 4 nitrogen and oxygen atoms in total. The summed E-state index contributed by atoms with van der Waals surface area (Å²) >= 11 is 3.28. The number of amidine groups is 1. The van der Waals surface area contributed by atoms with E-state index in [1.165, 1.54) is 0 Å². The number of aliphatic imine (C=N–C) groups is 1.